The summed E-state index contributed by atoms with van der Waals surface area (Å²) in [6.07, 6.45) is 3.50. The third-order valence-electron chi connectivity index (χ3n) is 3.48. The van der Waals surface area contributed by atoms with Gasteiger partial charge in [0.1, 0.15) is 0 Å². The van der Waals surface area contributed by atoms with Crippen LogP contribution in [0.1, 0.15) is 36.7 Å². The molecule has 19 heavy (non-hydrogen) atoms. The van der Waals surface area contributed by atoms with Gasteiger partial charge in [-0.15, -0.1) is 0 Å². The standard InChI is InChI=1S/C14H16ClN3O/c1-9-8-10(15)5-6-11(9)14-17-13(18-19-14)12-4-2-3-7-16-12/h5-6,8,12,16H,2-4,7H2,1H3. The third-order valence-corrected chi connectivity index (χ3v) is 3.72. The van der Waals surface area contributed by atoms with Crippen molar-refractivity contribution in [3.8, 4) is 11.5 Å². The lowest BCUT2D eigenvalue weighted by atomic mass is 10.0. The van der Waals surface area contributed by atoms with Crippen molar-refractivity contribution in [2.75, 3.05) is 6.54 Å². The number of hydrogen-bond donors (Lipinski definition) is 1. The largest absolute Gasteiger partial charge is 0.334 e. The Bertz CT molecular complexity index is 576. The van der Waals surface area contributed by atoms with Gasteiger partial charge in [0.25, 0.3) is 5.89 Å². The van der Waals surface area contributed by atoms with Gasteiger partial charge in [0.15, 0.2) is 5.82 Å². The molecule has 100 valence electrons. The predicted octanol–water partition coefficient (Wildman–Crippen LogP) is 3.51. The molecular formula is C14H16ClN3O. The molecule has 2 aromatic rings. The molecule has 0 bridgehead atoms. The summed E-state index contributed by atoms with van der Waals surface area (Å²) >= 11 is 5.95. The van der Waals surface area contributed by atoms with E-state index in [1.54, 1.807) is 0 Å². The van der Waals surface area contributed by atoms with Crippen LogP contribution in [0.25, 0.3) is 11.5 Å². The number of nitrogens with one attached hydrogen (secondary N) is 1. The normalized spacial score (nSPS) is 19.6. The maximum Gasteiger partial charge on any atom is 0.258 e. The Kier molecular flexibility index (Phi) is 3.53. The summed E-state index contributed by atoms with van der Waals surface area (Å²) in [4.78, 5) is 4.51. The fourth-order valence-electron chi connectivity index (χ4n) is 2.43. The van der Waals surface area contributed by atoms with Gasteiger partial charge < -0.3 is 9.84 Å². The van der Waals surface area contributed by atoms with Gasteiger partial charge in [-0.25, -0.2) is 0 Å². The van der Waals surface area contributed by atoms with Gasteiger partial charge in [0.05, 0.1) is 6.04 Å². The van der Waals surface area contributed by atoms with E-state index >= 15 is 0 Å². The Morgan fingerprint density at radius 2 is 2.26 bits per heavy atom. The quantitative estimate of drug-likeness (QED) is 0.913. The molecule has 1 aliphatic heterocycles. The molecule has 0 amide bonds. The molecule has 0 radical (unpaired) electrons. The SMILES string of the molecule is Cc1cc(Cl)ccc1-c1nc(C2CCCCN2)no1. The fraction of sp³-hybridized carbons (Fsp3) is 0.429. The summed E-state index contributed by atoms with van der Waals surface area (Å²) in [6, 6.07) is 5.88. The molecule has 1 fully saturated rings. The number of aryl methyl sites for hydroxylation is 1. The Labute approximate surface area is 117 Å². The minimum atomic E-state index is 0.221. The van der Waals surface area contributed by atoms with Crippen LogP contribution in [-0.2, 0) is 0 Å². The Morgan fingerprint density at radius 1 is 1.37 bits per heavy atom. The molecule has 1 unspecified atom stereocenters. The maximum absolute atomic E-state index is 5.95. The van der Waals surface area contributed by atoms with Crippen LogP contribution < -0.4 is 5.32 Å². The van der Waals surface area contributed by atoms with E-state index < -0.39 is 0 Å². The molecule has 0 spiro atoms. The average Bonchev–Trinajstić information content (AvgIpc) is 2.89. The molecule has 1 saturated heterocycles. The fourth-order valence-corrected chi connectivity index (χ4v) is 2.65. The van der Waals surface area contributed by atoms with Crippen molar-refractivity contribution in [1.29, 1.82) is 0 Å². The van der Waals surface area contributed by atoms with Crippen molar-refractivity contribution in [3.05, 3.63) is 34.6 Å². The minimum Gasteiger partial charge on any atom is -0.334 e. The molecule has 4 nitrogen and oxygen atoms in total. The number of benzene rings is 1. The van der Waals surface area contributed by atoms with Gasteiger partial charge in [0, 0.05) is 10.6 Å². The first-order valence-corrected chi connectivity index (χ1v) is 6.95. The number of halogens is 1. The highest BCUT2D eigenvalue weighted by Crippen LogP contribution is 2.27. The third kappa shape index (κ3) is 2.65. The van der Waals surface area contributed by atoms with Crippen LogP contribution in [0, 0.1) is 6.92 Å². The van der Waals surface area contributed by atoms with Gasteiger partial charge >= 0.3 is 0 Å². The summed E-state index contributed by atoms with van der Waals surface area (Å²) < 4.78 is 5.38. The van der Waals surface area contributed by atoms with Crippen LogP contribution in [0.4, 0.5) is 0 Å². The van der Waals surface area contributed by atoms with E-state index in [0.29, 0.717) is 5.89 Å². The highest BCUT2D eigenvalue weighted by molar-refractivity contribution is 6.30. The molecule has 1 N–H and O–H groups in total. The van der Waals surface area contributed by atoms with Crippen LogP contribution in [0.15, 0.2) is 22.7 Å². The van der Waals surface area contributed by atoms with E-state index in [-0.39, 0.29) is 6.04 Å². The van der Waals surface area contributed by atoms with E-state index in [9.17, 15) is 0 Å². The molecule has 5 heteroatoms. The smallest absolute Gasteiger partial charge is 0.258 e. The molecule has 3 rings (SSSR count). The Morgan fingerprint density at radius 3 is 3.00 bits per heavy atom. The molecule has 0 saturated carbocycles. The van der Waals surface area contributed by atoms with Crippen molar-refractivity contribution in [1.82, 2.24) is 15.5 Å². The van der Waals surface area contributed by atoms with Gasteiger partial charge in [-0.1, -0.05) is 23.2 Å². The van der Waals surface area contributed by atoms with Gasteiger partial charge in [-0.2, -0.15) is 4.98 Å². The molecule has 1 aromatic carbocycles. The second kappa shape index (κ2) is 5.31. The number of hydrogen-bond acceptors (Lipinski definition) is 4. The van der Waals surface area contributed by atoms with Crippen LogP contribution in [0.5, 0.6) is 0 Å². The zero-order valence-electron chi connectivity index (χ0n) is 10.8. The Balaban J connectivity index is 1.87. The number of nitrogens with zero attached hydrogens (tertiary/aromatic N) is 2. The lowest BCUT2D eigenvalue weighted by molar-refractivity contribution is 0.367. The predicted molar refractivity (Wildman–Crippen MR) is 74.1 cm³/mol. The summed E-state index contributed by atoms with van der Waals surface area (Å²) in [5.74, 6) is 1.32. The zero-order chi connectivity index (χ0) is 13.2. The van der Waals surface area contributed by atoms with E-state index in [1.807, 2.05) is 25.1 Å². The van der Waals surface area contributed by atoms with Crippen molar-refractivity contribution in [2.45, 2.75) is 32.2 Å². The number of aromatic nitrogens is 2. The molecule has 2 heterocycles. The molecular weight excluding hydrogens is 262 g/mol. The summed E-state index contributed by atoms with van der Waals surface area (Å²) in [6.45, 7) is 3.01. The Hall–Kier alpha value is -1.39. The highest BCUT2D eigenvalue weighted by atomic mass is 35.5. The monoisotopic (exact) mass is 277 g/mol. The van der Waals surface area contributed by atoms with Gasteiger partial charge in [-0.3, -0.25) is 0 Å². The molecule has 1 atom stereocenters. The van der Waals surface area contributed by atoms with Gasteiger partial charge in [-0.05, 0) is 50.1 Å². The van der Waals surface area contributed by atoms with Crippen LogP contribution in [0.2, 0.25) is 5.02 Å². The first kappa shape index (κ1) is 12.6. The topological polar surface area (TPSA) is 51.0 Å². The average molecular weight is 278 g/mol. The lowest BCUT2D eigenvalue weighted by Crippen LogP contribution is -2.27. The van der Waals surface area contributed by atoms with Crippen molar-refractivity contribution >= 4 is 11.6 Å². The zero-order valence-corrected chi connectivity index (χ0v) is 11.6. The maximum atomic E-state index is 5.95. The molecule has 1 aliphatic rings. The number of piperidine rings is 1. The summed E-state index contributed by atoms with van der Waals surface area (Å²) in [5, 5.41) is 8.23. The second-order valence-corrected chi connectivity index (χ2v) is 5.36. The first-order valence-electron chi connectivity index (χ1n) is 6.57. The highest BCUT2D eigenvalue weighted by Gasteiger charge is 2.21. The minimum absolute atomic E-state index is 0.221. The second-order valence-electron chi connectivity index (χ2n) is 4.92. The molecule has 0 aliphatic carbocycles. The van der Waals surface area contributed by atoms with E-state index in [2.05, 4.69) is 15.5 Å². The van der Waals surface area contributed by atoms with E-state index in [4.69, 9.17) is 16.1 Å². The summed E-state index contributed by atoms with van der Waals surface area (Å²) in [7, 11) is 0. The van der Waals surface area contributed by atoms with E-state index in [0.717, 1.165) is 34.9 Å². The van der Waals surface area contributed by atoms with E-state index in [1.165, 1.54) is 12.8 Å². The van der Waals surface area contributed by atoms with Crippen LogP contribution >= 0.6 is 11.6 Å². The summed E-state index contributed by atoms with van der Waals surface area (Å²) in [5.41, 5.74) is 1.98. The molecule has 1 aromatic heterocycles. The van der Waals surface area contributed by atoms with Gasteiger partial charge in [0.2, 0.25) is 0 Å². The van der Waals surface area contributed by atoms with Crippen molar-refractivity contribution < 1.29 is 4.52 Å². The van der Waals surface area contributed by atoms with Crippen LogP contribution in [-0.4, -0.2) is 16.7 Å². The van der Waals surface area contributed by atoms with Crippen molar-refractivity contribution in [3.63, 3.8) is 0 Å². The van der Waals surface area contributed by atoms with Crippen molar-refractivity contribution in [2.24, 2.45) is 0 Å². The van der Waals surface area contributed by atoms with Crippen LogP contribution in [0.3, 0.4) is 0 Å². The number of rotatable bonds is 2. The lowest BCUT2D eigenvalue weighted by Gasteiger charge is -2.19. The first-order chi connectivity index (χ1) is 9.24.